The number of hydrogen-bond donors (Lipinski definition) is 0. The monoisotopic (exact) mass is 147 g/mol. The fourth-order valence-electron chi connectivity index (χ4n) is 0.352. The normalized spacial score (nSPS) is 12.2. The molecule has 0 saturated carbocycles. The van der Waals surface area contributed by atoms with E-state index in [9.17, 15) is 0 Å². The Morgan fingerprint density at radius 3 is 2.12 bits per heavy atom. The van der Waals surface area contributed by atoms with Crippen molar-refractivity contribution in [1.82, 2.24) is 0 Å². The molecule has 0 fully saturated rings. The van der Waals surface area contributed by atoms with Crippen molar-refractivity contribution >= 4 is 19.2 Å². The van der Waals surface area contributed by atoms with Gasteiger partial charge < -0.3 is 0 Å². The molecule has 0 aromatic carbocycles. The molecule has 0 rings (SSSR count). The Morgan fingerprint density at radius 1 is 1.50 bits per heavy atom. The predicted molar refractivity (Wildman–Crippen MR) is 41.5 cm³/mol. The van der Waals surface area contributed by atoms with E-state index in [2.05, 4.69) is 19.5 Å². The average molecular weight is 148 g/mol. The molecule has 0 aliphatic carbocycles. The van der Waals surface area contributed by atoms with Crippen LogP contribution in [-0.2, 0) is 0 Å². The Labute approximate surface area is 57.9 Å². The maximum Gasteiger partial charge on any atom is 0.194 e. The van der Waals surface area contributed by atoms with Gasteiger partial charge in [-0.05, 0) is 12.5 Å². The van der Waals surface area contributed by atoms with Crippen LogP contribution in [0.3, 0.4) is 0 Å². The first-order valence-corrected chi connectivity index (χ1v) is 5.50. The Hall–Kier alpha value is 0.247. The Balaban J connectivity index is 3.47. The molecule has 8 heavy (non-hydrogen) atoms. The van der Waals surface area contributed by atoms with Crippen LogP contribution in [0.5, 0.6) is 0 Å². The first-order chi connectivity index (χ1) is 3.68. The van der Waals surface area contributed by atoms with Crippen molar-refractivity contribution in [2.45, 2.75) is 26.3 Å². The van der Waals surface area contributed by atoms with E-state index in [-0.39, 0.29) is 0 Å². The van der Waals surface area contributed by atoms with Gasteiger partial charge in [-0.3, -0.25) is 0 Å². The van der Waals surface area contributed by atoms with Crippen LogP contribution in [0.25, 0.3) is 0 Å². The van der Waals surface area contributed by atoms with Gasteiger partial charge in [-0.15, -0.1) is 0 Å². The lowest BCUT2D eigenvalue weighted by atomic mass is 10.6. The van der Waals surface area contributed by atoms with Crippen LogP contribution in [0, 0.1) is 0 Å². The lowest BCUT2D eigenvalue weighted by Gasteiger charge is -2.02. The van der Waals surface area contributed by atoms with Gasteiger partial charge in [0, 0.05) is 0 Å². The summed E-state index contributed by atoms with van der Waals surface area (Å²) < 4.78 is 0. The minimum Gasteiger partial charge on any atom is -0.163 e. The minimum absolute atomic E-state index is 0.651. The molecule has 0 atom stereocenters. The molecule has 47 valence electrons. The Kier molecular flexibility index (Phi) is 4.29. The lowest BCUT2D eigenvalue weighted by Crippen LogP contribution is -2.03. The number of halogens is 1. The fourth-order valence-corrected chi connectivity index (χ4v) is 1.43. The summed E-state index contributed by atoms with van der Waals surface area (Å²) in [5.74, 6) is 0. The van der Waals surface area contributed by atoms with Crippen LogP contribution >= 0.6 is 11.1 Å². The molecular weight excluding hydrogens is 136 g/mol. The maximum absolute atomic E-state index is 5.93. The lowest BCUT2D eigenvalue weighted by molar-refractivity contribution is 1.06. The topological polar surface area (TPSA) is 0 Å². The molecule has 0 aromatic heterocycles. The zero-order valence-electron chi connectivity index (χ0n) is 5.61. The predicted octanol–water partition coefficient (Wildman–Crippen LogP) is 2.74. The highest BCUT2D eigenvalue weighted by Crippen LogP contribution is 2.11. The van der Waals surface area contributed by atoms with Crippen LogP contribution in [-0.4, -0.2) is 8.11 Å². The van der Waals surface area contributed by atoms with Gasteiger partial charge in [0.05, 0.1) is 0 Å². The highest BCUT2D eigenvalue weighted by Gasteiger charge is 2.06. The zero-order valence-corrected chi connectivity index (χ0v) is 7.37. The van der Waals surface area contributed by atoms with Gasteiger partial charge in [0.2, 0.25) is 0 Å². The van der Waals surface area contributed by atoms with Crippen LogP contribution < -0.4 is 0 Å². The summed E-state index contributed by atoms with van der Waals surface area (Å²) in [4.78, 5) is 0. The van der Waals surface area contributed by atoms with Crippen molar-refractivity contribution in [3.05, 3.63) is 11.8 Å². The van der Waals surface area contributed by atoms with Crippen LogP contribution in [0.2, 0.25) is 5.54 Å². The number of allylic oxidation sites excluding steroid dienone is 1. The second kappa shape index (κ2) is 4.16. The van der Waals surface area contributed by atoms with E-state index in [0.29, 0.717) is 5.54 Å². The summed E-state index contributed by atoms with van der Waals surface area (Å²) in [7, 11) is -0.666. The van der Waals surface area contributed by atoms with Gasteiger partial charge in [0.25, 0.3) is 0 Å². The summed E-state index contributed by atoms with van der Waals surface area (Å²) in [5.41, 5.74) is 2.76. The molecular formula is C6H12ClSi. The zero-order chi connectivity index (χ0) is 6.57. The molecule has 0 aliphatic rings. The smallest absolute Gasteiger partial charge is 0.163 e. The quantitative estimate of drug-likeness (QED) is 0.416. The second-order valence-corrected chi connectivity index (χ2v) is 5.61. The minimum atomic E-state index is -0.666. The van der Waals surface area contributed by atoms with Crippen molar-refractivity contribution in [2.75, 3.05) is 0 Å². The molecule has 0 aromatic rings. The van der Waals surface area contributed by atoms with Crippen LogP contribution in [0.1, 0.15) is 20.8 Å². The molecule has 0 bridgehead atoms. The summed E-state index contributed by atoms with van der Waals surface area (Å²) in [6, 6.07) is 0. The van der Waals surface area contributed by atoms with E-state index >= 15 is 0 Å². The van der Waals surface area contributed by atoms with Crippen molar-refractivity contribution in [3.63, 3.8) is 0 Å². The molecule has 0 saturated heterocycles. The van der Waals surface area contributed by atoms with E-state index in [4.69, 9.17) is 11.1 Å². The molecule has 0 N–H and O–H groups in total. The second-order valence-electron chi connectivity index (χ2n) is 2.04. The molecule has 0 nitrogen and oxygen atoms in total. The van der Waals surface area contributed by atoms with E-state index in [1.807, 2.05) is 13.0 Å². The van der Waals surface area contributed by atoms with Crippen molar-refractivity contribution in [1.29, 1.82) is 0 Å². The van der Waals surface area contributed by atoms with Crippen molar-refractivity contribution in [3.8, 4) is 0 Å². The third-order valence-electron chi connectivity index (χ3n) is 0.877. The van der Waals surface area contributed by atoms with E-state index in [0.717, 1.165) is 0 Å². The fraction of sp³-hybridized carbons (Fsp3) is 0.667. The molecule has 2 heteroatoms. The Morgan fingerprint density at radius 2 is 2.00 bits per heavy atom. The van der Waals surface area contributed by atoms with Gasteiger partial charge in [0.15, 0.2) is 8.11 Å². The summed E-state index contributed by atoms with van der Waals surface area (Å²) in [6.07, 6.45) is 2.03. The maximum atomic E-state index is 5.93. The number of hydrogen-bond acceptors (Lipinski definition) is 0. The molecule has 0 heterocycles. The van der Waals surface area contributed by atoms with Crippen LogP contribution in [0.4, 0.5) is 0 Å². The third kappa shape index (κ3) is 3.27. The molecule has 0 aliphatic heterocycles. The largest absolute Gasteiger partial charge is 0.194 e. The van der Waals surface area contributed by atoms with Crippen LogP contribution in [0.15, 0.2) is 11.8 Å². The SMILES string of the molecule is C/C=C/[Si](Cl)C(C)C. The standard InChI is InChI=1S/C6H12ClSi/c1-4-5-8(7)6(2)3/h4-6H,1-3H3/b5-4+. The van der Waals surface area contributed by atoms with E-state index in [1.165, 1.54) is 0 Å². The van der Waals surface area contributed by atoms with Gasteiger partial charge >= 0.3 is 0 Å². The van der Waals surface area contributed by atoms with Gasteiger partial charge in [-0.25, -0.2) is 0 Å². The molecule has 1 radical (unpaired) electrons. The number of rotatable bonds is 2. The summed E-state index contributed by atoms with van der Waals surface area (Å²) in [6.45, 7) is 6.32. The summed E-state index contributed by atoms with van der Waals surface area (Å²) >= 11 is 5.93. The van der Waals surface area contributed by atoms with Gasteiger partial charge in [-0.1, -0.05) is 25.6 Å². The van der Waals surface area contributed by atoms with Gasteiger partial charge in [-0.2, -0.15) is 11.1 Å². The highest BCUT2D eigenvalue weighted by atomic mass is 35.6. The molecule has 0 unspecified atom stereocenters. The van der Waals surface area contributed by atoms with Crippen molar-refractivity contribution < 1.29 is 0 Å². The van der Waals surface area contributed by atoms with Crippen molar-refractivity contribution in [2.24, 2.45) is 0 Å². The van der Waals surface area contributed by atoms with Gasteiger partial charge in [0.1, 0.15) is 0 Å². The summed E-state index contributed by atoms with van der Waals surface area (Å²) in [5, 5.41) is 0. The molecule has 0 amide bonds. The first-order valence-electron chi connectivity index (χ1n) is 2.83. The van der Waals surface area contributed by atoms with E-state index in [1.54, 1.807) is 0 Å². The average Bonchev–Trinajstić information content (AvgIpc) is 1.67. The van der Waals surface area contributed by atoms with E-state index < -0.39 is 8.11 Å². The highest BCUT2D eigenvalue weighted by molar-refractivity contribution is 7.10. The Bertz CT molecular complexity index is 78.6. The third-order valence-corrected chi connectivity index (χ3v) is 4.32. The first kappa shape index (κ1) is 8.25. The molecule has 0 spiro atoms.